The maximum atomic E-state index is 14.1. The zero-order valence-electron chi connectivity index (χ0n) is 21.8. The van der Waals surface area contributed by atoms with Crippen LogP contribution < -0.4 is 15.1 Å². The van der Waals surface area contributed by atoms with Crippen molar-refractivity contribution in [3.63, 3.8) is 0 Å². The van der Waals surface area contributed by atoms with Crippen molar-refractivity contribution >= 4 is 28.5 Å². The molecule has 2 amide bonds. The van der Waals surface area contributed by atoms with E-state index in [0.717, 1.165) is 48.3 Å². The van der Waals surface area contributed by atoms with Crippen molar-refractivity contribution in [2.24, 2.45) is 0 Å². The lowest BCUT2D eigenvalue weighted by molar-refractivity contribution is -0.117. The summed E-state index contributed by atoms with van der Waals surface area (Å²) >= 11 is 0. The van der Waals surface area contributed by atoms with Crippen LogP contribution in [0.15, 0.2) is 41.4 Å². The van der Waals surface area contributed by atoms with Crippen LogP contribution in [0.5, 0.6) is 5.75 Å². The molecule has 4 rings (SSSR count). The zero-order chi connectivity index (χ0) is 30.6. The Bertz CT molecular complexity index is 1490. The van der Waals surface area contributed by atoms with Gasteiger partial charge in [-0.15, -0.1) is 0 Å². The van der Waals surface area contributed by atoms with Crippen LogP contribution in [0.4, 0.5) is 27.6 Å². The van der Waals surface area contributed by atoms with E-state index in [1.165, 1.54) is 18.0 Å². The van der Waals surface area contributed by atoms with Gasteiger partial charge in [-0.05, 0) is 42.5 Å². The quantitative estimate of drug-likeness (QED) is 0.0926. The predicted molar refractivity (Wildman–Crippen MR) is 139 cm³/mol. The Kier molecular flexibility index (Phi) is 9.85. The highest BCUT2D eigenvalue weighted by Gasteiger charge is 2.30. The number of hydroxylamine groups is 1. The molecule has 0 aliphatic heterocycles. The molecule has 42 heavy (non-hydrogen) atoms. The SMILES string of the molecule is O=C(NO)c1ccc(N(Cc2ccc(C3CCCCC3)cn2)C(=O)CNS(=O)c2c(F)c(F)c(F)c(F)c2F)cc1O. The van der Waals surface area contributed by atoms with Crippen molar-refractivity contribution in [1.29, 1.82) is 0 Å². The molecule has 1 aromatic heterocycles. The molecule has 1 fully saturated rings. The summed E-state index contributed by atoms with van der Waals surface area (Å²) in [5.41, 5.74) is 2.47. The van der Waals surface area contributed by atoms with E-state index in [0.29, 0.717) is 11.6 Å². The third-order valence-electron chi connectivity index (χ3n) is 6.89. The van der Waals surface area contributed by atoms with Crippen LogP contribution in [0.3, 0.4) is 0 Å². The lowest BCUT2D eigenvalue weighted by atomic mass is 9.85. The highest BCUT2D eigenvalue weighted by atomic mass is 32.2. The topological polar surface area (TPSA) is 132 Å². The van der Waals surface area contributed by atoms with Gasteiger partial charge in [-0.2, -0.15) is 0 Å². The number of hydrogen-bond donors (Lipinski definition) is 4. The number of nitrogens with zero attached hydrogens (tertiary/aromatic N) is 2. The number of phenolic OH excluding ortho intramolecular Hbond substituents is 1. The largest absolute Gasteiger partial charge is 0.507 e. The van der Waals surface area contributed by atoms with Crippen LogP contribution in [-0.2, 0) is 22.3 Å². The summed E-state index contributed by atoms with van der Waals surface area (Å²) < 4.78 is 83.2. The first-order valence-corrected chi connectivity index (χ1v) is 13.9. The Morgan fingerprint density at radius 2 is 1.60 bits per heavy atom. The van der Waals surface area contributed by atoms with Gasteiger partial charge in [-0.1, -0.05) is 25.3 Å². The molecule has 4 N–H and O–H groups in total. The van der Waals surface area contributed by atoms with Crippen LogP contribution in [0.1, 0.15) is 59.6 Å². The van der Waals surface area contributed by atoms with Gasteiger partial charge in [-0.25, -0.2) is 36.4 Å². The Labute approximate surface area is 238 Å². The molecule has 3 aromatic rings. The molecule has 224 valence electrons. The number of rotatable bonds is 9. The maximum Gasteiger partial charge on any atom is 0.278 e. The molecule has 1 unspecified atom stereocenters. The lowest BCUT2D eigenvalue weighted by Gasteiger charge is -2.24. The molecule has 1 aliphatic rings. The number of benzene rings is 2. The Hall–Kier alpha value is -3.95. The van der Waals surface area contributed by atoms with Crippen LogP contribution in [0.2, 0.25) is 0 Å². The summed E-state index contributed by atoms with van der Waals surface area (Å²) in [7, 11) is -3.04. The number of aromatic hydroxyl groups is 1. The Morgan fingerprint density at radius 3 is 2.17 bits per heavy atom. The molecule has 1 saturated carbocycles. The van der Waals surface area contributed by atoms with Gasteiger partial charge in [-0.3, -0.25) is 19.8 Å². The van der Waals surface area contributed by atoms with Gasteiger partial charge >= 0.3 is 0 Å². The average Bonchev–Trinajstić information content (AvgIpc) is 3.01. The van der Waals surface area contributed by atoms with Gasteiger partial charge in [0, 0.05) is 18.0 Å². The second kappa shape index (κ2) is 13.4. The molecule has 1 atom stereocenters. The summed E-state index contributed by atoms with van der Waals surface area (Å²) in [5.74, 6) is -13.8. The van der Waals surface area contributed by atoms with E-state index in [-0.39, 0.29) is 17.8 Å². The second-order valence-electron chi connectivity index (χ2n) is 9.53. The number of carbonyl (C=O) groups excluding carboxylic acids is 2. The number of pyridine rings is 1. The van der Waals surface area contributed by atoms with E-state index in [4.69, 9.17) is 5.21 Å². The van der Waals surface area contributed by atoms with Crippen molar-refractivity contribution < 1.29 is 46.1 Å². The van der Waals surface area contributed by atoms with Gasteiger partial charge in [0.2, 0.25) is 11.7 Å². The first-order chi connectivity index (χ1) is 20.0. The molecule has 1 aliphatic carbocycles. The van der Waals surface area contributed by atoms with Crippen molar-refractivity contribution in [2.45, 2.75) is 49.5 Å². The van der Waals surface area contributed by atoms with E-state index >= 15 is 0 Å². The number of amides is 2. The average molecular weight is 613 g/mol. The first kappa shape index (κ1) is 31.0. The Balaban J connectivity index is 1.59. The van der Waals surface area contributed by atoms with Crippen LogP contribution >= 0.6 is 0 Å². The summed E-state index contributed by atoms with van der Waals surface area (Å²) in [6, 6.07) is 6.96. The van der Waals surface area contributed by atoms with E-state index in [1.807, 2.05) is 10.8 Å². The molecule has 0 saturated heterocycles. The molecular weight excluding hydrogens is 587 g/mol. The van der Waals surface area contributed by atoms with Crippen molar-refractivity contribution in [1.82, 2.24) is 15.2 Å². The van der Waals surface area contributed by atoms with Crippen molar-refractivity contribution in [3.05, 3.63) is 82.4 Å². The Morgan fingerprint density at radius 1 is 0.952 bits per heavy atom. The van der Waals surface area contributed by atoms with E-state index < -0.39 is 69.1 Å². The van der Waals surface area contributed by atoms with Crippen LogP contribution in [-0.4, -0.2) is 37.9 Å². The van der Waals surface area contributed by atoms with E-state index in [1.54, 1.807) is 12.3 Å². The van der Waals surface area contributed by atoms with Crippen molar-refractivity contribution in [2.75, 3.05) is 11.4 Å². The number of nitrogens with one attached hydrogen (secondary N) is 2. The summed E-state index contributed by atoms with van der Waals surface area (Å²) in [5, 5.41) is 19.2. The molecule has 0 spiro atoms. The fourth-order valence-corrected chi connectivity index (χ4v) is 5.58. The molecular formula is C27H25F5N4O5S. The minimum absolute atomic E-state index is 0.00830. The summed E-state index contributed by atoms with van der Waals surface area (Å²) in [6.45, 7) is -1.13. The molecule has 15 heteroatoms. The summed E-state index contributed by atoms with van der Waals surface area (Å²) in [6.07, 6.45) is 7.16. The number of carbonyl (C=O) groups is 2. The minimum atomic E-state index is -3.04. The third-order valence-corrected chi connectivity index (χ3v) is 8.03. The van der Waals surface area contributed by atoms with Crippen LogP contribution in [0.25, 0.3) is 0 Å². The van der Waals surface area contributed by atoms with Gasteiger partial charge < -0.3 is 10.0 Å². The number of anilines is 1. The highest BCUT2D eigenvalue weighted by molar-refractivity contribution is 7.83. The van der Waals surface area contributed by atoms with Crippen molar-refractivity contribution in [3.8, 4) is 5.75 Å². The molecule has 0 bridgehead atoms. The fourth-order valence-electron chi connectivity index (χ4n) is 4.67. The number of phenols is 1. The van der Waals surface area contributed by atoms with Gasteiger partial charge in [0.25, 0.3) is 5.91 Å². The van der Waals surface area contributed by atoms with Crippen LogP contribution in [0, 0.1) is 29.1 Å². The maximum absolute atomic E-state index is 14.1. The standard InChI is InChI=1S/C27H25F5N4O5S/c28-21-22(29)24(31)26(25(32)23(21)30)42(41)34-12-20(38)36(17-8-9-18(19(37)10-17)27(39)35-40)13-16-7-6-15(11-33-16)14-4-2-1-3-5-14/h6-11,14,34,37,40H,1-5,12-13H2,(H,35,39). The highest BCUT2D eigenvalue weighted by Crippen LogP contribution is 2.32. The minimum Gasteiger partial charge on any atom is -0.507 e. The zero-order valence-corrected chi connectivity index (χ0v) is 22.6. The van der Waals surface area contributed by atoms with Gasteiger partial charge in [0.05, 0.1) is 24.3 Å². The lowest BCUT2D eigenvalue weighted by Crippen LogP contribution is -2.39. The monoisotopic (exact) mass is 612 g/mol. The fraction of sp³-hybridized carbons (Fsp3) is 0.296. The first-order valence-electron chi connectivity index (χ1n) is 12.7. The molecule has 0 radical (unpaired) electrons. The van der Waals surface area contributed by atoms with Gasteiger partial charge in [0.15, 0.2) is 23.3 Å². The number of aromatic nitrogens is 1. The summed E-state index contributed by atoms with van der Waals surface area (Å²) in [4.78, 5) is 28.8. The smallest absolute Gasteiger partial charge is 0.278 e. The molecule has 9 nitrogen and oxygen atoms in total. The third kappa shape index (κ3) is 6.58. The number of halogens is 5. The molecule has 2 aromatic carbocycles. The predicted octanol–water partition coefficient (Wildman–Crippen LogP) is 4.50. The second-order valence-corrected chi connectivity index (χ2v) is 10.8. The number of hydrogen-bond acceptors (Lipinski definition) is 6. The van der Waals surface area contributed by atoms with Gasteiger partial charge in [0.1, 0.15) is 21.6 Å². The molecule has 1 heterocycles. The van der Waals surface area contributed by atoms with E-state index in [2.05, 4.69) is 4.98 Å². The van der Waals surface area contributed by atoms with E-state index in [9.17, 15) is 40.9 Å². The normalized spacial score (nSPS) is 14.4.